The van der Waals surface area contributed by atoms with E-state index in [1.165, 1.54) is 25.3 Å². The van der Waals surface area contributed by atoms with Crippen LogP contribution in [0.5, 0.6) is 5.75 Å². The molecule has 0 heterocycles. The third-order valence-corrected chi connectivity index (χ3v) is 3.89. The highest BCUT2D eigenvalue weighted by Crippen LogP contribution is 2.20. The quantitative estimate of drug-likeness (QED) is 0.462. The average molecular weight is 332 g/mol. The lowest BCUT2D eigenvalue weighted by Crippen LogP contribution is -1.99. The molecule has 0 N–H and O–H groups in total. The van der Waals surface area contributed by atoms with Crippen molar-refractivity contribution < 1.29 is 13.9 Å². The van der Waals surface area contributed by atoms with E-state index < -0.39 is 5.82 Å². The summed E-state index contributed by atoms with van der Waals surface area (Å²) in [6.07, 6.45) is 3.06. The number of hydrogen-bond donors (Lipinski definition) is 0. The second-order valence-electron chi connectivity index (χ2n) is 5.53. The molecule has 0 fully saturated rings. The Balaban J connectivity index is 1.74. The zero-order valence-electron chi connectivity index (χ0n) is 13.8. The van der Waals surface area contributed by atoms with Crippen molar-refractivity contribution in [1.29, 1.82) is 0 Å². The van der Waals surface area contributed by atoms with Crippen LogP contribution in [0.1, 0.15) is 15.9 Å². The molecule has 0 saturated heterocycles. The van der Waals surface area contributed by atoms with Crippen molar-refractivity contribution in [3.05, 3.63) is 95.8 Å². The summed E-state index contributed by atoms with van der Waals surface area (Å²) < 4.78 is 18.9. The normalized spacial score (nSPS) is 10.8. The summed E-state index contributed by atoms with van der Waals surface area (Å²) in [5, 5.41) is 0. The van der Waals surface area contributed by atoms with E-state index in [9.17, 15) is 9.18 Å². The Morgan fingerprint density at radius 1 is 0.920 bits per heavy atom. The molecule has 0 aliphatic heterocycles. The van der Waals surface area contributed by atoms with Crippen molar-refractivity contribution in [3.63, 3.8) is 0 Å². The largest absolute Gasteiger partial charge is 0.497 e. The number of allylic oxidation sites excluding steroid dienone is 1. The highest BCUT2D eigenvalue weighted by atomic mass is 19.1. The maximum absolute atomic E-state index is 13.9. The minimum absolute atomic E-state index is 0.0259. The molecular formula is C22H17FO2. The van der Waals surface area contributed by atoms with Gasteiger partial charge in [-0.05, 0) is 34.9 Å². The van der Waals surface area contributed by atoms with Gasteiger partial charge in [0.25, 0.3) is 0 Å². The van der Waals surface area contributed by atoms with Gasteiger partial charge in [0, 0.05) is 6.07 Å². The van der Waals surface area contributed by atoms with Gasteiger partial charge in [-0.2, -0.15) is 0 Å². The molecule has 3 rings (SSSR count). The number of carbonyl (C=O) groups excluding carboxylic acids is 1. The first kappa shape index (κ1) is 16.7. The summed E-state index contributed by atoms with van der Waals surface area (Å²) in [5.74, 6) is -0.588. The molecule has 3 aromatic rings. The van der Waals surface area contributed by atoms with Crippen LogP contribution in [0.15, 0.2) is 78.9 Å². The lowest BCUT2D eigenvalue weighted by Gasteiger charge is -2.03. The summed E-state index contributed by atoms with van der Waals surface area (Å²) in [5.41, 5.74) is 3.14. The predicted octanol–water partition coefficient (Wildman–Crippen LogP) is 5.40. The maximum atomic E-state index is 13.9. The number of carbonyl (C=O) groups is 1. The highest BCUT2D eigenvalue weighted by Gasteiger charge is 2.09. The molecule has 0 aromatic heterocycles. The van der Waals surface area contributed by atoms with Gasteiger partial charge in [-0.1, -0.05) is 60.7 Å². The minimum Gasteiger partial charge on any atom is -0.497 e. The first-order valence-electron chi connectivity index (χ1n) is 7.89. The van der Waals surface area contributed by atoms with Crippen molar-refractivity contribution in [2.24, 2.45) is 0 Å². The lowest BCUT2D eigenvalue weighted by molar-refractivity contribution is 0.104. The van der Waals surface area contributed by atoms with Crippen molar-refractivity contribution in [3.8, 4) is 16.9 Å². The monoisotopic (exact) mass is 332 g/mol. The van der Waals surface area contributed by atoms with Gasteiger partial charge in [-0.25, -0.2) is 4.39 Å². The van der Waals surface area contributed by atoms with Crippen LogP contribution in [-0.4, -0.2) is 12.9 Å². The standard InChI is InChI=1S/C22H17FO2/c1-25-19-12-13-20(21(23)15-19)22(24)14-9-16-7-10-18(11-8-16)17-5-3-2-4-6-17/h2-15H,1H3. The second kappa shape index (κ2) is 7.58. The second-order valence-corrected chi connectivity index (χ2v) is 5.53. The molecule has 0 amide bonds. The third kappa shape index (κ3) is 4.01. The molecule has 0 spiro atoms. The third-order valence-electron chi connectivity index (χ3n) is 3.89. The fourth-order valence-corrected chi connectivity index (χ4v) is 2.50. The summed E-state index contributed by atoms with van der Waals surface area (Å²) in [6.45, 7) is 0. The van der Waals surface area contributed by atoms with Crippen molar-refractivity contribution >= 4 is 11.9 Å². The molecule has 3 heteroatoms. The van der Waals surface area contributed by atoms with Crippen molar-refractivity contribution in [2.75, 3.05) is 7.11 Å². The maximum Gasteiger partial charge on any atom is 0.188 e. The summed E-state index contributed by atoms with van der Waals surface area (Å²) >= 11 is 0. The Morgan fingerprint density at radius 2 is 1.60 bits per heavy atom. The van der Waals surface area contributed by atoms with E-state index in [-0.39, 0.29) is 11.3 Å². The van der Waals surface area contributed by atoms with Gasteiger partial charge in [0.1, 0.15) is 11.6 Å². The molecule has 3 aromatic carbocycles. The summed E-state index contributed by atoms with van der Waals surface area (Å²) in [6, 6.07) is 22.1. The number of halogens is 1. The molecule has 0 bridgehead atoms. The molecule has 25 heavy (non-hydrogen) atoms. The van der Waals surface area contributed by atoms with Gasteiger partial charge in [0.15, 0.2) is 5.78 Å². The predicted molar refractivity (Wildman–Crippen MR) is 98.2 cm³/mol. The number of rotatable bonds is 5. The fraction of sp³-hybridized carbons (Fsp3) is 0.0455. The summed E-state index contributed by atoms with van der Waals surface area (Å²) in [4.78, 5) is 12.2. The van der Waals surface area contributed by atoms with Crippen LogP contribution >= 0.6 is 0 Å². The van der Waals surface area contributed by atoms with E-state index in [2.05, 4.69) is 0 Å². The van der Waals surface area contributed by atoms with Crippen LogP contribution in [0.3, 0.4) is 0 Å². The van der Waals surface area contributed by atoms with Crippen LogP contribution in [-0.2, 0) is 0 Å². The van der Waals surface area contributed by atoms with E-state index in [4.69, 9.17) is 4.74 Å². The molecule has 0 saturated carbocycles. The van der Waals surface area contributed by atoms with Gasteiger partial charge in [0.05, 0.1) is 12.7 Å². The van der Waals surface area contributed by atoms with Crippen LogP contribution in [0.2, 0.25) is 0 Å². The molecule has 0 radical (unpaired) electrons. The van der Waals surface area contributed by atoms with Crippen molar-refractivity contribution in [2.45, 2.75) is 0 Å². The zero-order valence-corrected chi connectivity index (χ0v) is 13.8. The highest BCUT2D eigenvalue weighted by molar-refractivity contribution is 6.07. The van der Waals surface area contributed by atoms with Crippen LogP contribution in [0.25, 0.3) is 17.2 Å². The Bertz CT molecular complexity index is 897. The van der Waals surface area contributed by atoms with Gasteiger partial charge < -0.3 is 4.74 Å². The number of ketones is 1. The summed E-state index contributed by atoms with van der Waals surface area (Å²) in [7, 11) is 1.45. The molecule has 0 aliphatic rings. The molecule has 124 valence electrons. The Morgan fingerprint density at radius 3 is 2.24 bits per heavy atom. The van der Waals surface area contributed by atoms with Gasteiger partial charge in [-0.3, -0.25) is 4.79 Å². The van der Waals surface area contributed by atoms with Crippen LogP contribution in [0, 0.1) is 5.82 Å². The molecule has 0 unspecified atom stereocenters. The molecule has 2 nitrogen and oxygen atoms in total. The average Bonchev–Trinajstić information content (AvgIpc) is 2.67. The number of ether oxygens (including phenoxy) is 1. The van der Waals surface area contributed by atoms with Gasteiger partial charge >= 0.3 is 0 Å². The molecular weight excluding hydrogens is 315 g/mol. The van der Waals surface area contributed by atoms with E-state index >= 15 is 0 Å². The number of benzene rings is 3. The van der Waals surface area contributed by atoms with Crippen LogP contribution < -0.4 is 4.74 Å². The Labute approximate surface area is 146 Å². The molecule has 0 atom stereocenters. The smallest absolute Gasteiger partial charge is 0.188 e. The molecule has 0 aliphatic carbocycles. The van der Waals surface area contributed by atoms with Gasteiger partial charge in [0.2, 0.25) is 0 Å². The van der Waals surface area contributed by atoms with Gasteiger partial charge in [-0.15, -0.1) is 0 Å². The lowest BCUT2D eigenvalue weighted by atomic mass is 10.0. The minimum atomic E-state index is -0.589. The Hall–Kier alpha value is -3.20. The first-order chi connectivity index (χ1) is 12.2. The first-order valence-corrected chi connectivity index (χ1v) is 7.89. The van der Waals surface area contributed by atoms with E-state index in [0.29, 0.717) is 5.75 Å². The number of methoxy groups -OCH3 is 1. The zero-order chi connectivity index (χ0) is 17.6. The number of hydrogen-bond acceptors (Lipinski definition) is 2. The fourth-order valence-electron chi connectivity index (χ4n) is 2.50. The topological polar surface area (TPSA) is 26.3 Å². The van der Waals surface area contributed by atoms with Crippen molar-refractivity contribution in [1.82, 2.24) is 0 Å². The Kier molecular flexibility index (Phi) is 5.05. The van der Waals surface area contributed by atoms with E-state index in [1.54, 1.807) is 12.1 Å². The van der Waals surface area contributed by atoms with E-state index in [1.807, 2.05) is 54.6 Å². The SMILES string of the molecule is COc1ccc(C(=O)C=Cc2ccc(-c3ccccc3)cc2)c(F)c1. The van der Waals surface area contributed by atoms with E-state index in [0.717, 1.165) is 16.7 Å². The van der Waals surface area contributed by atoms with Crippen LogP contribution in [0.4, 0.5) is 4.39 Å².